The number of amides is 1. The number of ether oxygens (including phenoxy) is 2. The van der Waals surface area contributed by atoms with Gasteiger partial charge in [0, 0.05) is 18.5 Å². The Balaban J connectivity index is 2.07. The first-order valence-electron chi connectivity index (χ1n) is 6.89. The Hall–Kier alpha value is -2.63. The zero-order valence-electron chi connectivity index (χ0n) is 13.1. The fourth-order valence-corrected chi connectivity index (χ4v) is 1.66. The van der Waals surface area contributed by atoms with E-state index in [1.807, 2.05) is 13.0 Å². The van der Waals surface area contributed by atoms with Gasteiger partial charge in [-0.15, -0.1) is 0 Å². The predicted octanol–water partition coefficient (Wildman–Crippen LogP) is 3.92. The van der Waals surface area contributed by atoms with E-state index in [0.717, 1.165) is 5.69 Å². The van der Waals surface area contributed by atoms with Crippen molar-refractivity contribution in [2.45, 2.75) is 33.3 Å². The first-order valence-corrected chi connectivity index (χ1v) is 6.89. The number of hydrogen-bond acceptors (Lipinski definition) is 5. The number of rotatable bonds is 3. The highest BCUT2D eigenvalue weighted by Crippen LogP contribution is 2.24. The highest BCUT2D eigenvalue weighted by molar-refractivity contribution is 5.83. The van der Waals surface area contributed by atoms with Crippen molar-refractivity contribution >= 4 is 11.9 Å². The van der Waals surface area contributed by atoms with Gasteiger partial charge in [-0.05, 0) is 45.9 Å². The third kappa shape index (κ3) is 4.73. The van der Waals surface area contributed by atoms with Gasteiger partial charge in [-0.2, -0.15) is 0 Å². The lowest BCUT2D eigenvalue weighted by Gasteiger charge is -2.19. The van der Waals surface area contributed by atoms with Gasteiger partial charge in [-0.3, -0.25) is 10.3 Å². The molecule has 0 unspecified atom stereocenters. The largest absolute Gasteiger partial charge is 0.455 e. The summed E-state index contributed by atoms with van der Waals surface area (Å²) in [6, 6.07) is 6.94. The maximum Gasteiger partial charge on any atom is 0.413 e. The van der Waals surface area contributed by atoms with Gasteiger partial charge in [0.05, 0.1) is 5.69 Å². The van der Waals surface area contributed by atoms with Crippen LogP contribution in [0.1, 0.15) is 26.5 Å². The van der Waals surface area contributed by atoms with Gasteiger partial charge >= 0.3 is 6.09 Å². The van der Waals surface area contributed by atoms with Crippen molar-refractivity contribution in [3.05, 3.63) is 42.4 Å². The van der Waals surface area contributed by atoms with Gasteiger partial charge in [-0.1, -0.05) is 0 Å². The van der Waals surface area contributed by atoms with E-state index in [2.05, 4.69) is 15.3 Å². The van der Waals surface area contributed by atoms with Gasteiger partial charge in [0.1, 0.15) is 22.9 Å². The Morgan fingerprint density at radius 2 is 1.95 bits per heavy atom. The molecular weight excluding hydrogens is 282 g/mol. The van der Waals surface area contributed by atoms with Crippen molar-refractivity contribution in [1.82, 2.24) is 9.97 Å². The normalized spacial score (nSPS) is 10.9. The molecule has 0 bridgehead atoms. The smallest absolute Gasteiger partial charge is 0.413 e. The molecule has 1 amide bonds. The molecule has 0 aliphatic carbocycles. The maximum atomic E-state index is 11.7. The zero-order valence-corrected chi connectivity index (χ0v) is 13.1. The zero-order chi connectivity index (χ0) is 16.2. The molecule has 0 aromatic carbocycles. The average Bonchev–Trinajstić information content (AvgIpc) is 2.39. The standard InChI is InChI=1S/C16H19N3O3/c1-11-13(6-5-8-17-11)21-12-7-9-18-14(10-12)19-15(20)22-16(2,3)4/h5-10H,1-4H3,(H,18,19,20). The summed E-state index contributed by atoms with van der Waals surface area (Å²) in [5.74, 6) is 1.56. The van der Waals surface area contributed by atoms with Crippen molar-refractivity contribution in [2.75, 3.05) is 5.32 Å². The van der Waals surface area contributed by atoms with Crippen molar-refractivity contribution in [3.8, 4) is 11.5 Å². The lowest BCUT2D eigenvalue weighted by atomic mass is 10.2. The van der Waals surface area contributed by atoms with E-state index in [4.69, 9.17) is 9.47 Å². The number of hydrogen-bond donors (Lipinski definition) is 1. The summed E-state index contributed by atoms with van der Waals surface area (Å²) in [5, 5.41) is 2.57. The number of nitrogens with zero attached hydrogens (tertiary/aromatic N) is 2. The fraction of sp³-hybridized carbons (Fsp3) is 0.312. The minimum Gasteiger partial charge on any atom is -0.455 e. The molecular formula is C16H19N3O3. The summed E-state index contributed by atoms with van der Waals surface area (Å²) in [7, 11) is 0. The van der Waals surface area contributed by atoms with E-state index >= 15 is 0 Å². The molecule has 116 valence electrons. The van der Waals surface area contributed by atoms with Crippen LogP contribution in [-0.2, 0) is 4.74 Å². The molecule has 6 nitrogen and oxygen atoms in total. The fourth-order valence-electron chi connectivity index (χ4n) is 1.66. The maximum absolute atomic E-state index is 11.7. The summed E-state index contributed by atoms with van der Waals surface area (Å²) in [6.07, 6.45) is 2.69. The molecule has 2 aromatic rings. The number of aromatic nitrogens is 2. The number of pyridine rings is 2. The lowest BCUT2D eigenvalue weighted by Crippen LogP contribution is -2.27. The Morgan fingerprint density at radius 3 is 2.64 bits per heavy atom. The Bertz CT molecular complexity index is 666. The van der Waals surface area contributed by atoms with Gasteiger partial charge in [0.25, 0.3) is 0 Å². The second-order valence-electron chi connectivity index (χ2n) is 5.69. The number of aryl methyl sites for hydroxylation is 1. The van der Waals surface area contributed by atoms with E-state index in [-0.39, 0.29) is 0 Å². The second kappa shape index (κ2) is 6.43. The predicted molar refractivity (Wildman–Crippen MR) is 83.1 cm³/mol. The molecule has 2 rings (SSSR count). The molecule has 1 N–H and O–H groups in total. The van der Waals surface area contributed by atoms with Crippen molar-refractivity contribution < 1.29 is 14.3 Å². The van der Waals surface area contributed by atoms with Crippen molar-refractivity contribution in [1.29, 1.82) is 0 Å². The average molecular weight is 301 g/mol. The minimum absolute atomic E-state index is 0.355. The third-order valence-electron chi connectivity index (χ3n) is 2.55. The molecule has 0 saturated carbocycles. The van der Waals surface area contributed by atoms with Gasteiger partial charge in [0.15, 0.2) is 0 Å². The lowest BCUT2D eigenvalue weighted by molar-refractivity contribution is 0.0635. The summed E-state index contributed by atoms with van der Waals surface area (Å²) >= 11 is 0. The summed E-state index contributed by atoms with van der Waals surface area (Å²) < 4.78 is 10.9. The van der Waals surface area contributed by atoms with Gasteiger partial charge in [-0.25, -0.2) is 9.78 Å². The number of carbonyl (C=O) groups is 1. The van der Waals surface area contributed by atoms with E-state index in [9.17, 15) is 4.79 Å². The SMILES string of the molecule is Cc1ncccc1Oc1ccnc(NC(=O)OC(C)(C)C)c1. The molecule has 2 heterocycles. The molecule has 0 radical (unpaired) electrons. The van der Waals surface area contributed by atoms with Crippen LogP contribution in [0.3, 0.4) is 0 Å². The van der Waals surface area contributed by atoms with Crippen LogP contribution in [0.15, 0.2) is 36.7 Å². The van der Waals surface area contributed by atoms with Gasteiger partial charge in [0.2, 0.25) is 0 Å². The molecule has 2 aromatic heterocycles. The first kappa shape index (κ1) is 15.8. The monoisotopic (exact) mass is 301 g/mol. The van der Waals surface area contributed by atoms with E-state index in [1.165, 1.54) is 0 Å². The van der Waals surface area contributed by atoms with Crippen LogP contribution >= 0.6 is 0 Å². The van der Waals surface area contributed by atoms with Crippen LogP contribution in [0.5, 0.6) is 11.5 Å². The first-order chi connectivity index (χ1) is 10.3. The van der Waals surface area contributed by atoms with Crippen LogP contribution in [0, 0.1) is 6.92 Å². The Labute approximate surface area is 129 Å². The third-order valence-corrected chi connectivity index (χ3v) is 2.55. The number of carbonyl (C=O) groups excluding carboxylic acids is 1. The molecule has 0 saturated heterocycles. The van der Waals surface area contributed by atoms with E-state index < -0.39 is 11.7 Å². The topological polar surface area (TPSA) is 73.3 Å². The molecule has 0 aliphatic heterocycles. The number of nitrogens with one attached hydrogen (secondary N) is 1. The van der Waals surface area contributed by atoms with E-state index in [0.29, 0.717) is 17.3 Å². The Morgan fingerprint density at radius 1 is 1.18 bits per heavy atom. The summed E-state index contributed by atoms with van der Waals surface area (Å²) in [5.41, 5.74) is 0.214. The number of anilines is 1. The van der Waals surface area contributed by atoms with Crippen LogP contribution in [-0.4, -0.2) is 21.7 Å². The van der Waals surface area contributed by atoms with Crippen molar-refractivity contribution in [3.63, 3.8) is 0 Å². The van der Waals surface area contributed by atoms with Crippen LogP contribution < -0.4 is 10.1 Å². The van der Waals surface area contributed by atoms with Crippen molar-refractivity contribution in [2.24, 2.45) is 0 Å². The summed E-state index contributed by atoms with van der Waals surface area (Å²) in [4.78, 5) is 19.9. The molecule has 0 aliphatic rings. The van der Waals surface area contributed by atoms with E-state index in [1.54, 1.807) is 51.4 Å². The molecule has 22 heavy (non-hydrogen) atoms. The quantitative estimate of drug-likeness (QED) is 0.930. The van der Waals surface area contributed by atoms with Crippen LogP contribution in [0.4, 0.5) is 10.6 Å². The highest BCUT2D eigenvalue weighted by Gasteiger charge is 2.16. The summed E-state index contributed by atoms with van der Waals surface area (Å²) in [6.45, 7) is 7.25. The minimum atomic E-state index is -0.564. The second-order valence-corrected chi connectivity index (χ2v) is 5.69. The van der Waals surface area contributed by atoms with Crippen LogP contribution in [0.2, 0.25) is 0 Å². The van der Waals surface area contributed by atoms with Crippen LogP contribution in [0.25, 0.3) is 0 Å². The Kier molecular flexibility index (Phi) is 4.60. The van der Waals surface area contributed by atoms with Gasteiger partial charge < -0.3 is 9.47 Å². The molecule has 6 heteroatoms. The molecule has 0 fully saturated rings. The molecule has 0 spiro atoms. The molecule has 0 atom stereocenters. The highest BCUT2D eigenvalue weighted by atomic mass is 16.6.